The Bertz CT molecular complexity index is 1020. The Balaban J connectivity index is 0.000000313. The van der Waals surface area contributed by atoms with Gasteiger partial charge in [0.1, 0.15) is 0 Å². The lowest BCUT2D eigenvalue weighted by Gasteiger charge is -2.14. The molecule has 2 aromatic carbocycles. The Morgan fingerprint density at radius 2 is 1.90 bits per heavy atom. The van der Waals surface area contributed by atoms with E-state index in [0.29, 0.717) is 5.56 Å². The van der Waals surface area contributed by atoms with Crippen LogP contribution in [0.4, 0.5) is 5.69 Å². The second-order valence-corrected chi connectivity index (χ2v) is 7.48. The summed E-state index contributed by atoms with van der Waals surface area (Å²) in [6.07, 6.45) is 6.89. The van der Waals surface area contributed by atoms with Crippen LogP contribution < -0.4 is 16.0 Å². The zero-order valence-electron chi connectivity index (χ0n) is 17.2. The summed E-state index contributed by atoms with van der Waals surface area (Å²) >= 11 is 0. The predicted octanol–water partition coefficient (Wildman–Crippen LogP) is 3.34. The fourth-order valence-corrected chi connectivity index (χ4v) is 3.64. The van der Waals surface area contributed by atoms with Gasteiger partial charge < -0.3 is 16.0 Å². The first-order chi connectivity index (χ1) is 14.7. The van der Waals surface area contributed by atoms with Crippen molar-refractivity contribution in [1.29, 1.82) is 0 Å². The van der Waals surface area contributed by atoms with Crippen LogP contribution in [-0.4, -0.2) is 28.8 Å². The number of anilines is 1. The molecule has 2 aliphatic heterocycles. The molecule has 3 aromatic rings. The van der Waals surface area contributed by atoms with Gasteiger partial charge >= 0.3 is 0 Å². The number of hydrogen-bond acceptors (Lipinski definition) is 4. The van der Waals surface area contributed by atoms with Crippen LogP contribution in [0, 0.1) is 0 Å². The highest BCUT2D eigenvalue weighted by molar-refractivity contribution is 6.04. The molecule has 1 amide bonds. The van der Waals surface area contributed by atoms with Gasteiger partial charge in [-0.2, -0.15) is 5.10 Å². The van der Waals surface area contributed by atoms with Gasteiger partial charge in [-0.15, -0.1) is 0 Å². The largest absolute Gasteiger partial charge is 0.322 e. The van der Waals surface area contributed by atoms with Crippen molar-refractivity contribution in [3.05, 3.63) is 89.3 Å². The van der Waals surface area contributed by atoms with Crippen LogP contribution in [0.2, 0.25) is 0 Å². The molecule has 0 unspecified atom stereocenters. The topological polar surface area (TPSA) is 71.0 Å². The SMILES string of the molecule is Cn1cccn1.O=C(Nc1ccc2c(c1)CNC2)c1ccc(C2=CCNCC2)cc1. The van der Waals surface area contributed by atoms with Crippen molar-refractivity contribution >= 4 is 17.2 Å². The van der Waals surface area contributed by atoms with E-state index in [0.717, 1.165) is 38.3 Å². The van der Waals surface area contributed by atoms with E-state index in [-0.39, 0.29) is 5.91 Å². The quantitative estimate of drug-likeness (QED) is 0.630. The Hall–Kier alpha value is -3.22. The molecule has 5 rings (SSSR count). The molecule has 0 radical (unpaired) electrons. The fourth-order valence-electron chi connectivity index (χ4n) is 3.64. The molecule has 6 nitrogen and oxygen atoms in total. The summed E-state index contributed by atoms with van der Waals surface area (Å²) in [5.74, 6) is -0.0632. The molecule has 0 atom stereocenters. The summed E-state index contributed by atoms with van der Waals surface area (Å²) in [4.78, 5) is 12.5. The highest BCUT2D eigenvalue weighted by Crippen LogP contribution is 2.22. The summed E-state index contributed by atoms with van der Waals surface area (Å²) in [5.41, 5.74) is 6.68. The predicted molar refractivity (Wildman–Crippen MR) is 120 cm³/mol. The lowest BCUT2D eigenvalue weighted by atomic mass is 9.99. The summed E-state index contributed by atoms with van der Waals surface area (Å²) < 4.78 is 1.75. The van der Waals surface area contributed by atoms with Crippen molar-refractivity contribution in [2.24, 2.45) is 7.05 Å². The van der Waals surface area contributed by atoms with Crippen LogP contribution in [0.25, 0.3) is 5.57 Å². The smallest absolute Gasteiger partial charge is 0.255 e. The number of nitrogens with zero attached hydrogens (tertiary/aromatic N) is 2. The number of nitrogens with one attached hydrogen (secondary N) is 3. The number of aryl methyl sites for hydroxylation is 1. The Kier molecular flexibility index (Phi) is 6.37. The Morgan fingerprint density at radius 1 is 1.07 bits per heavy atom. The van der Waals surface area contributed by atoms with Crippen molar-refractivity contribution in [3.63, 3.8) is 0 Å². The molecule has 6 heteroatoms. The van der Waals surface area contributed by atoms with Crippen LogP contribution in [0.15, 0.2) is 67.0 Å². The van der Waals surface area contributed by atoms with E-state index >= 15 is 0 Å². The van der Waals surface area contributed by atoms with E-state index in [1.54, 1.807) is 10.9 Å². The van der Waals surface area contributed by atoms with Crippen molar-refractivity contribution in [3.8, 4) is 0 Å². The third-order valence-corrected chi connectivity index (χ3v) is 5.31. The van der Waals surface area contributed by atoms with Crippen molar-refractivity contribution < 1.29 is 4.79 Å². The highest BCUT2D eigenvalue weighted by Gasteiger charge is 2.12. The summed E-state index contributed by atoms with van der Waals surface area (Å²) in [5, 5.41) is 13.5. The van der Waals surface area contributed by atoms with Crippen molar-refractivity contribution in [2.75, 3.05) is 18.4 Å². The molecule has 3 N–H and O–H groups in total. The minimum Gasteiger partial charge on any atom is -0.322 e. The van der Waals surface area contributed by atoms with Crippen LogP contribution in [-0.2, 0) is 20.1 Å². The average molecular weight is 402 g/mol. The molecular weight excluding hydrogens is 374 g/mol. The molecule has 0 saturated heterocycles. The Morgan fingerprint density at radius 3 is 2.57 bits per heavy atom. The first-order valence-corrected chi connectivity index (χ1v) is 10.3. The van der Waals surface area contributed by atoms with Crippen molar-refractivity contribution in [1.82, 2.24) is 20.4 Å². The molecule has 1 aromatic heterocycles. The molecule has 0 bridgehead atoms. The first-order valence-electron chi connectivity index (χ1n) is 10.3. The molecular formula is C24H27N5O. The third-order valence-electron chi connectivity index (χ3n) is 5.31. The van der Waals surface area contributed by atoms with Gasteiger partial charge in [-0.25, -0.2) is 0 Å². The summed E-state index contributed by atoms with van der Waals surface area (Å²) in [6, 6.07) is 15.9. The van der Waals surface area contributed by atoms with E-state index in [2.05, 4.69) is 39.3 Å². The third kappa shape index (κ3) is 5.03. The average Bonchev–Trinajstić information content (AvgIpc) is 3.46. The van der Waals surface area contributed by atoms with Gasteiger partial charge in [-0.3, -0.25) is 9.48 Å². The van der Waals surface area contributed by atoms with Gasteiger partial charge in [0.05, 0.1) is 0 Å². The lowest BCUT2D eigenvalue weighted by Crippen LogP contribution is -2.20. The van der Waals surface area contributed by atoms with Crippen LogP contribution in [0.1, 0.15) is 33.5 Å². The van der Waals surface area contributed by atoms with Crippen LogP contribution >= 0.6 is 0 Å². The molecule has 154 valence electrons. The van der Waals surface area contributed by atoms with Crippen molar-refractivity contribution in [2.45, 2.75) is 19.5 Å². The normalized spacial score (nSPS) is 14.9. The van der Waals surface area contributed by atoms with E-state index in [9.17, 15) is 4.79 Å². The second kappa shape index (κ2) is 9.52. The maximum absolute atomic E-state index is 12.5. The molecule has 0 saturated carbocycles. The minimum absolute atomic E-state index is 0.0632. The Labute approximate surface area is 177 Å². The van der Waals surface area contributed by atoms with E-state index < -0.39 is 0 Å². The number of carbonyl (C=O) groups excluding carboxylic acids is 1. The lowest BCUT2D eigenvalue weighted by molar-refractivity contribution is 0.102. The van der Waals surface area contributed by atoms with Crippen LogP contribution in [0.5, 0.6) is 0 Å². The van der Waals surface area contributed by atoms with Crippen LogP contribution in [0.3, 0.4) is 0 Å². The van der Waals surface area contributed by atoms with Gasteiger partial charge in [-0.1, -0.05) is 24.3 Å². The molecule has 2 aliphatic rings. The minimum atomic E-state index is -0.0632. The molecule has 3 heterocycles. The number of benzene rings is 2. The fraction of sp³-hybridized carbons (Fsp3) is 0.250. The second-order valence-electron chi connectivity index (χ2n) is 7.48. The first kappa shape index (κ1) is 20.1. The zero-order valence-corrected chi connectivity index (χ0v) is 17.2. The maximum Gasteiger partial charge on any atom is 0.255 e. The molecule has 30 heavy (non-hydrogen) atoms. The molecule has 0 aliphatic carbocycles. The summed E-state index contributed by atoms with van der Waals surface area (Å²) in [7, 11) is 1.89. The highest BCUT2D eigenvalue weighted by atomic mass is 16.1. The number of amides is 1. The monoisotopic (exact) mass is 401 g/mol. The van der Waals surface area contributed by atoms with Gasteiger partial charge in [0.15, 0.2) is 0 Å². The van der Waals surface area contributed by atoms with Gasteiger partial charge in [0, 0.05) is 50.3 Å². The van der Waals surface area contributed by atoms with E-state index in [1.165, 1.54) is 22.3 Å². The van der Waals surface area contributed by atoms with E-state index in [1.807, 2.05) is 49.6 Å². The number of fused-ring (bicyclic) bond motifs is 1. The number of aromatic nitrogens is 2. The van der Waals surface area contributed by atoms with Gasteiger partial charge in [-0.05, 0) is 65.6 Å². The molecule has 0 fully saturated rings. The van der Waals surface area contributed by atoms with Gasteiger partial charge in [0.2, 0.25) is 0 Å². The summed E-state index contributed by atoms with van der Waals surface area (Å²) in [6.45, 7) is 3.72. The maximum atomic E-state index is 12.5. The number of carbonyl (C=O) groups is 1. The standard InChI is InChI=1S/C20H21N3O.C4H6N2/c24-20(23-19-6-5-17-12-22-13-18(17)11-19)16-3-1-14(2-4-16)15-7-9-21-10-8-15;1-6-4-2-3-5-6/h1-7,11,21-22H,8-10,12-13H2,(H,23,24);2-4H,1H3. The number of hydrogen-bond donors (Lipinski definition) is 3. The van der Waals surface area contributed by atoms with Gasteiger partial charge in [0.25, 0.3) is 5.91 Å². The zero-order chi connectivity index (χ0) is 20.8. The molecule has 0 spiro atoms. The number of rotatable bonds is 3. The van der Waals surface area contributed by atoms with E-state index in [4.69, 9.17) is 0 Å².